The zero-order valence-corrected chi connectivity index (χ0v) is 19.3. The van der Waals surface area contributed by atoms with Crippen LogP contribution in [-0.2, 0) is 6.18 Å². The number of pyridine rings is 1. The number of aromatic amines is 1. The molecule has 2 amide bonds. The van der Waals surface area contributed by atoms with E-state index in [0.29, 0.717) is 40.2 Å². The van der Waals surface area contributed by atoms with Gasteiger partial charge < -0.3 is 15.4 Å². The molecule has 0 bridgehead atoms. The van der Waals surface area contributed by atoms with Crippen LogP contribution in [0.15, 0.2) is 48.7 Å². The smallest absolute Gasteiger partial charge is 0.416 e. The van der Waals surface area contributed by atoms with Crippen LogP contribution in [0, 0.1) is 5.82 Å². The lowest BCUT2D eigenvalue weighted by molar-refractivity contribution is -0.137. The summed E-state index contributed by atoms with van der Waals surface area (Å²) in [5, 5.41) is 12.1. The van der Waals surface area contributed by atoms with Gasteiger partial charge in [-0.15, -0.1) is 0 Å². The number of carbonyl (C=O) groups is 2. The number of methoxy groups -OCH3 is 1. The van der Waals surface area contributed by atoms with Crippen molar-refractivity contribution in [2.75, 3.05) is 14.1 Å². The van der Waals surface area contributed by atoms with Crippen molar-refractivity contribution in [2.24, 2.45) is 0 Å². The third-order valence-electron chi connectivity index (χ3n) is 5.67. The van der Waals surface area contributed by atoms with Gasteiger partial charge in [0, 0.05) is 29.8 Å². The summed E-state index contributed by atoms with van der Waals surface area (Å²) < 4.78 is 80.9. The molecule has 37 heavy (non-hydrogen) atoms. The molecule has 2 aromatic carbocycles. The molecule has 0 aliphatic carbocycles. The summed E-state index contributed by atoms with van der Waals surface area (Å²) in [5.74, 6) is -2.92. The molecule has 1 atom stereocenters. The zero-order chi connectivity index (χ0) is 29.4. The summed E-state index contributed by atoms with van der Waals surface area (Å²) in [7, 11) is -1.52. The SMILES string of the molecule is [2H]C([2H])([2H])Oc1ncc(-c2ccc3c(C(=O)NC)n[nH]c3c2)cc1C(=O)N[C@H](C)c1cc(C(F)(F)F)ccc1F. The van der Waals surface area contributed by atoms with Gasteiger partial charge in [0.05, 0.1) is 28.3 Å². The van der Waals surface area contributed by atoms with E-state index in [1.807, 2.05) is 0 Å². The summed E-state index contributed by atoms with van der Waals surface area (Å²) in [4.78, 5) is 29.2. The zero-order valence-electron chi connectivity index (χ0n) is 22.3. The van der Waals surface area contributed by atoms with Gasteiger partial charge in [0.2, 0.25) is 5.88 Å². The van der Waals surface area contributed by atoms with Crippen molar-refractivity contribution < 1.29 is 36.0 Å². The number of aromatic nitrogens is 3. The highest BCUT2D eigenvalue weighted by molar-refractivity contribution is 6.05. The number of carbonyl (C=O) groups excluding carboxylic acids is 2. The van der Waals surface area contributed by atoms with E-state index in [4.69, 9.17) is 8.85 Å². The minimum Gasteiger partial charge on any atom is -0.480 e. The van der Waals surface area contributed by atoms with Crippen LogP contribution in [0.5, 0.6) is 5.88 Å². The number of ether oxygens (including phenoxy) is 1. The van der Waals surface area contributed by atoms with Crippen molar-refractivity contribution in [1.82, 2.24) is 25.8 Å². The molecule has 4 aromatic rings. The van der Waals surface area contributed by atoms with Crippen LogP contribution >= 0.6 is 0 Å². The van der Waals surface area contributed by atoms with Crippen LogP contribution < -0.4 is 15.4 Å². The van der Waals surface area contributed by atoms with Crippen molar-refractivity contribution >= 4 is 22.7 Å². The summed E-state index contributed by atoms with van der Waals surface area (Å²) in [5.41, 5.74) is -0.407. The fraction of sp³-hybridized carbons (Fsp3) is 0.200. The second-order valence-corrected chi connectivity index (χ2v) is 8.02. The third-order valence-corrected chi connectivity index (χ3v) is 5.67. The lowest BCUT2D eigenvalue weighted by Gasteiger charge is -2.18. The van der Waals surface area contributed by atoms with Gasteiger partial charge in [-0.1, -0.05) is 6.07 Å². The van der Waals surface area contributed by atoms with Gasteiger partial charge in [-0.05, 0) is 48.9 Å². The Morgan fingerprint density at radius 1 is 1.11 bits per heavy atom. The molecule has 0 aliphatic rings. The molecule has 0 unspecified atom stereocenters. The average Bonchev–Trinajstić information content (AvgIpc) is 3.30. The van der Waals surface area contributed by atoms with Crippen molar-refractivity contribution in [3.8, 4) is 17.0 Å². The number of hydrogen-bond acceptors (Lipinski definition) is 5. The number of amides is 2. The number of benzene rings is 2. The quantitative estimate of drug-likeness (QED) is 0.322. The van der Waals surface area contributed by atoms with Gasteiger partial charge in [0.15, 0.2) is 5.69 Å². The first-order valence-electron chi connectivity index (χ1n) is 12.2. The number of fused-ring (bicyclic) bond motifs is 1. The minimum absolute atomic E-state index is 0.166. The molecule has 12 heteroatoms. The number of nitrogens with one attached hydrogen (secondary N) is 3. The molecule has 0 saturated heterocycles. The van der Waals surface area contributed by atoms with Crippen molar-refractivity contribution in [3.63, 3.8) is 0 Å². The van der Waals surface area contributed by atoms with Crippen molar-refractivity contribution in [2.45, 2.75) is 19.1 Å². The summed E-state index contributed by atoms with van der Waals surface area (Å²) in [6.07, 6.45) is -3.48. The van der Waals surface area contributed by atoms with E-state index in [9.17, 15) is 27.2 Å². The summed E-state index contributed by atoms with van der Waals surface area (Å²) in [6, 6.07) is 6.70. The lowest BCUT2D eigenvalue weighted by Crippen LogP contribution is -2.28. The second-order valence-electron chi connectivity index (χ2n) is 8.02. The topological polar surface area (TPSA) is 109 Å². The highest BCUT2D eigenvalue weighted by Gasteiger charge is 2.32. The standard InChI is InChI=1S/C25H21F4N5O3/c1-12(17-10-15(25(27,28)29)5-7-19(17)26)32-22(35)18-8-14(11-31-24(18)37-3)13-4-6-16-20(9-13)33-34-21(16)23(36)30-2/h4-12H,1-3H3,(H,30,36)(H,32,35)(H,33,34)/t12-/m1/s1/i3D3. The first kappa shape index (κ1) is 21.8. The second kappa shape index (κ2) is 9.88. The van der Waals surface area contributed by atoms with Gasteiger partial charge >= 0.3 is 6.18 Å². The normalized spacial score (nSPS) is 13.8. The van der Waals surface area contributed by atoms with E-state index in [2.05, 4.69) is 25.8 Å². The number of alkyl halides is 3. The Morgan fingerprint density at radius 2 is 1.89 bits per heavy atom. The average molecular weight is 518 g/mol. The maximum absolute atomic E-state index is 14.4. The molecule has 0 aliphatic heterocycles. The van der Waals surface area contributed by atoms with E-state index < -0.39 is 53.9 Å². The van der Waals surface area contributed by atoms with Gasteiger partial charge in [-0.25, -0.2) is 9.37 Å². The van der Waals surface area contributed by atoms with Gasteiger partial charge in [0.1, 0.15) is 11.4 Å². The molecule has 4 rings (SSSR count). The Morgan fingerprint density at radius 3 is 2.59 bits per heavy atom. The third kappa shape index (κ3) is 5.08. The van der Waals surface area contributed by atoms with Gasteiger partial charge in [0.25, 0.3) is 11.8 Å². The highest BCUT2D eigenvalue weighted by Crippen LogP contribution is 2.32. The molecule has 0 saturated carbocycles. The Hall–Kier alpha value is -4.48. The Kier molecular flexibility index (Phi) is 5.81. The summed E-state index contributed by atoms with van der Waals surface area (Å²) >= 11 is 0. The molecule has 192 valence electrons. The van der Waals surface area contributed by atoms with Crippen molar-refractivity contribution in [1.29, 1.82) is 0 Å². The van der Waals surface area contributed by atoms with Gasteiger partial charge in [-0.3, -0.25) is 14.7 Å². The number of nitrogens with zero attached hydrogens (tertiary/aromatic N) is 2. The predicted octanol–water partition coefficient (Wildman–Crippen LogP) is 4.64. The Labute approximate surface area is 212 Å². The number of rotatable bonds is 6. The fourth-order valence-electron chi connectivity index (χ4n) is 3.75. The van der Waals surface area contributed by atoms with E-state index in [-0.39, 0.29) is 11.3 Å². The number of halogens is 4. The Bertz CT molecular complexity index is 1610. The van der Waals surface area contributed by atoms with Crippen LogP contribution in [0.1, 0.15) is 49.1 Å². The summed E-state index contributed by atoms with van der Waals surface area (Å²) in [6.45, 7) is 1.27. The molecule has 0 fully saturated rings. The lowest BCUT2D eigenvalue weighted by atomic mass is 10.0. The van der Waals surface area contributed by atoms with Crippen LogP contribution in [0.25, 0.3) is 22.0 Å². The van der Waals surface area contributed by atoms with Crippen LogP contribution in [0.2, 0.25) is 0 Å². The number of hydrogen-bond donors (Lipinski definition) is 3. The molecule has 8 nitrogen and oxygen atoms in total. The molecular formula is C25H21F4N5O3. The minimum atomic E-state index is -4.73. The molecule has 0 spiro atoms. The first-order valence-corrected chi connectivity index (χ1v) is 10.7. The predicted molar refractivity (Wildman–Crippen MR) is 127 cm³/mol. The van der Waals surface area contributed by atoms with E-state index in [1.165, 1.54) is 26.2 Å². The monoisotopic (exact) mass is 518 g/mol. The largest absolute Gasteiger partial charge is 0.480 e. The molecule has 2 aromatic heterocycles. The highest BCUT2D eigenvalue weighted by atomic mass is 19.4. The first-order chi connectivity index (χ1) is 18.7. The maximum Gasteiger partial charge on any atom is 0.416 e. The van der Waals surface area contributed by atoms with Gasteiger partial charge in [-0.2, -0.15) is 18.3 Å². The maximum atomic E-state index is 14.4. The molecule has 0 radical (unpaired) electrons. The van der Waals surface area contributed by atoms with E-state index in [0.717, 1.165) is 0 Å². The van der Waals surface area contributed by atoms with Crippen LogP contribution in [-0.4, -0.2) is 41.1 Å². The number of H-pyrrole nitrogens is 1. The molecule has 2 heterocycles. The van der Waals surface area contributed by atoms with Crippen molar-refractivity contribution in [3.05, 3.63) is 76.9 Å². The molecular weight excluding hydrogens is 494 g/mol. The van der Waals surface area contributed by atoms with Crippen LogP contribution in [0.4, 0.5) is 17.6 Å². The Balaban J connectivity index is 1.71. The molecule has 3 N–H and O–H groups in total. The van der Waals surface area contributed by atoms with E-state index in [1.54, 1.807) is 18.2 Å². The fourth-order valence-corrected chi connectivity index (χ4v) is 3.75. The van der Waals surface area contributed by atoms with E-state index >= 15 is 0 Å². The van der Waals surface area contributed by atoms with Crippen LogP contribution in [0.3, 0.4) is 0 Å².